The number of methoxy groups -OCH3 is 1. The Morgan fingerprint density at radius 1 is 1.53 bits per heavy atom. The molecule has 15 heavy (non-hydrogen) atoms. The van der Waals surface area contributed by atoms with Gasteiger partial charge in [-0.3, -0.25) is 4.90 Å². The molecular weight excluding hydrogens is 188 g/mol. The maximum atomic E-state index is 5.38. The number of rotatable bonds is 7. The van der Waals surface area contributed by atoms with Crippen molar-refractivity contribution < 1.29 is 4.74 Å². The van der Waals surface area contributed by atoms with Gasteiger partial charge in [0.15, 0.2) is 0 Å². The molecule has 1 saturated heterocycles. The van der Waals surface area contributed by atoms with Gasteiger partial charge in [0.25, 0.3) is 0 Å². The van der Waals surface area contributed by atoms with E-state index < -0.39 is 0 Å². The van der Waals surface area contributed by atoms with Crippen LogP contribution in [0.1, 0.15) is 33.1 Å². The van der Waals surface area contributed by atoms with E-state index in [0.717, 1.165) is 19.6 Å². The molecule has 0 saturated carbocycles. The van der Waals surface area contributed by atoms with Crippen LogP contribution >= 0.6 is 0 Å². The monoisotopic (exact) mass is 214 g/mol. The Morgan fingerprint density at radius 2 is 2.33 bits per heavy atom. The smallest absolute Gasteiger partial charge is 0.0710 e. The number of nitrogens with zero attached hydrogens (tertiary/aromatic N) is 1. The van der Waals surface area contributed by atoms with Crippen LogP contribution in [0.3, 0.4) is 0 Å². The van der Waals surface area contributed by atoms with Crippen molar-refractivity contribution >= 4 is 0 Å². The van der Waals surface area contributed by atoms with Gasteiger partial charge in [0.1, 0.15) is 0 Å². The first-order valence-corrected chi connectivity index (χ1v) is 6.25. The van der Waals surface area contributed by atoms with Crippen LogP contribution in [0.5, 0.6) is 0 Å². The third-order valence-corrected chi connectivity index (χ3v) is 3.36. The second-order valence-corrected chi connectivity index (χ2v) is 4.49. The zero-order chi connectivity index (χ0) is 11.1. The highest BCUT2D eigenvalue weighted by Crippen LogP contribution is 2.17. The van der Waals surface area contributed by atoms with Crippen molar-refractivity contribution in [3.05, 3.63) is 0 Å². The molecule has 1 aliphatic heterocycles. The van der Waals surface area contributed by atoms with Gasteiger partial charge in [0, 0.05) is 26.2 Å². The SMILES string of the molecule is CCNCCCC(C)N1CCC(OC)C1. The molecule has 0 spiro atoms. The Balaban J connectivity index is 2.09. The van der Waals surface area contributed by atoms with Crippen molar-refractivity contribution in [2.75, 3.05) is 33.3 Å². The molecule has 1 N–H and O–H groups in total. The van der Waals surface area contributed by atoms with E-state index in [-0.39, 0.29) is 0 Å². The number of nitrogens with one attached hydrogen (secondary N) is 1. The van der Waals surface area contributed by atoms with Crippen LogP contribution in [0.15, 0.2) is 0 Å². The summed E-state index contributed by atoms with van der Waals surface area (Å²) >= 11 is 0. The molecule has 1 fully saturated rings. The molecule has 0 aromatic rings. The van der Waals surface area contributed by atoms with Gasteiger partial charge < -0.3 is 10.1 Å². The predicted octanol–water partition coefficient (Wildman–Crippen LogP) is 1.49. The molecule has 3 nitrogen and oxygen atoms in total. The van der Waals surface area contributed by atoms with Gasteiger partial charge in [-0.1, -0.05) is 6.92 Å². The van der Waals surface area contributed by atoms with Crippen molar-refractivity contribution in [3.63, 3.8) is 0 Å². The summed E-state index contributed by atoms with van der Waals surface area (Å²) in [5.41, 5.74) is 0. The van der Waals surface area contributed by atoms with Gasteiger partial charge in [0.2, 0.25) is 0 Å². The number of ether oxygens (including phenoxy) is 1. The lowest BCUT2D eigenvalue weighted by atomic mass is 10.1. The van der Waals surface area contributed by atoms with Crippen LogP contribution in [0.2, 0.25) is 0 Å². The van der Waals surface area contributed by atoms with Crippen LogP contribution in [-0.4, -0.2) is 50.3 Å². The Morgan fingerprint density at radius 3 is 2.93 bits per heavy atom. The van der Waals surface area contributed by atoms with E-state index in [1.165, 1.54) is 25.8 Å². The van der Waals surface area contributed by atoms with Crippen LogP contribution in [0, 0.1) is 0 Å². The molecule has 1 heterocycles. The van der Waals surface area contributed by atoms with Crippen molar-refractivity contribution in [3.8, 4) is 0 Å². The molecule has 0 aliphatic carbocycles. The lowest BCUT2D eigenvalue weighted by Gasteiger charge is -2.24. The van der Waals surface area contributed by atoms with Gasteiger partial charge in [0.05, 0.1) is 6.10 Å². The summed E-state index contributed by atoms with van der Waals surface area (Å²) < 4.78 is 5.38. The second-order valence-electron chi connectivity index (χ2n) is 4.49. The third-order valence-electron chi connectivity index (χ3n) is 3.36. The molecule has 1 rings (SSSR count). The Bertz CT molecular complexity index is 164. The molecule has 1 aliphatic rings. The molecule has 2 unspecified atom stereocenters. The van der Waals surface area contributed by atoms with E-state index >= 15 is 0 Å². The van der Waals surface area contributed by atoms with E-state index in [2.05, 4.69) is 24.1 Å². The minimum Gasteiger partial charge on any atom is -0.380 e. The van der Waals surface area contributed by atoms with E-state index in [0.29, 0.717) is 12.1 Å². The molecule has 0 aromatic carbocycles. The summed E-state index contributed by atoms with van der Waals surface area (Å²) in [4.78, 5) is 2.56. The first-order valence-electron chi connectivity index (χ1n) is 6.25. The molecule has 2 atom stereocenters. The fraction of sp³-hybridized carbons (Fsp3) is 1.00. The van der Waals surface area contributed by atoms with Gasteiger partial charge in [-0.05, 0) is 39.3 Å². The Kier molecular flexibility index (Phi) is 6.22. The lowest BCUT2D eigenvalue weighted by molar-refractivity contribution is 0.101. The average molecular weight is 214 g/mol. The summed E-state index contributed by atoms with van der Waals surface area (Å²) in [7, 11) is 1.82. The molecular formula is C12H26N2O. The van der Waals surface area contributed by atoms with Gasteiger partial charge >= 0.3 is 0 Å². The predicted molar refractivity (Wildman–Crippen MR) is 64.2 cm³/mol. The van der Waals surface area contributed by atoms with E-state index in [4.69, 9.17) is 4.74 Å². The van der Waals surface area contributed by atoms with Crippen LogP contribution in [-0.2, 0) is 4.74 Å². The summed E-state index contributed by atoms with van der Waals surface area (Å²) in [6.07, 6.45) is 4.25. The topological polar surface area (TPSA) is 24.5 Å². The highest BCUT2D eigenvalue weighted by molar-refractivity contribution is 4.79. The first-order chi connectivity index (χ1) is 7.27. The summed E-state index contributed by atoms with van der Waals surface area (Å²) in [6, 6.07) is 0.712. The second kappa shape index (κ2) is 7.20. The minimum atomic E-state index is 0.473. The van der Waals surface area contributed by atoms with Gasteiger partial charge in [-0.15, -0.1) is 0 Å². The normalized spacial score (nSPS) is 24.6. The van der Waals surface area contributed by atoms with Crippen molar-refractivity contribution in [1.82, 2.24) is 10.2 Å². The van der Waals surface area contributed by atoms with E-state index in [1.54, 1.807) is 0 Å². The van der Waals surface area contributed by atoms with Gasteiger partial charge in [-0.2, -0.15) is 0 Å². The largest absolute Gasteiger partial charge is 0.380 e. The summed E-state index contributed by atoms with van der Waals surface area (Å²) in [5.74, 6) is 0. The quantitative estimate of drug-likeness (QED) is 0.650. The molecule has 0 bridgehead atoms. The third kappa shape index (κ3) is 4.49. The number of likely N-dealkylation sites (tertiary alicyclic amines) is 1. The molecule has 0 amide bonds. The van der Waals surface area contributed by atoms with Gasteiger partial charge in [-0.25, -0.2) is 0 Å². The Labute approximate surface area is 94.2 Å². The van der Waals surface area contributed by atoms with E-state index in [9.17, 15) is 0 Å². The maximum Gasteiger partial charge on any atom is 0.0710 e. The molecule has 0 radical (unpaired) electrons. The van der Waals surface area contributed by atoms with Crippen molar-refractivity contribution in [2.24, 2.45) is 0 Å². The van der Waals surface area contributed by atoms with Crippen LogP contribution in [0.25, 0.3) is 0 Å². The van der Waals surface area contributed by atoms with Crippen LogP contribution in [0.4, 0.5) is 0 Å². The standard InChI is InChI=1S/C12H26N2O/c1-4-13-8-5-6-11(2)14-9-7-12(10-14)15-3/h11-13H,4-10H2,1-3H3. The summed E-state index contributed by atoms with van der Waals surface area (Å²) in [5, 5.41) is 3.37. The molecule has 3 heteroatoms. The van der Waals surface area contributed by atoms with E-state index in [1.807, 2.05) is 7.11 Å². The number of hydrogen-bond donors (Lipinski definition) is 1. The highest BCUT2D eigenvalue weighted by atomic mass is 16.5. The first kappa shape index (κ1) is 12.9. The fourth-order valence-corrected chi connectivity index (χ4v) is 2.23. The molecule has 0 aromatic heterocycles. The van der Waals surface area contributed by atoms with Crippen molar-refractivity contribution in [1.29, 1.82) is 0 Å². The minimum absolute atomic E-state index is 0.473. The zero-order valence-corrected chi connectivity index (χ0v) is 10.5. The maximum absolute atomic E-state index is 5.38. The molecule has 90 valence electrons. The van der Waals surface area contributed by atoms with Crippen molar-refractivity contribution in [2.45, 2.75) is 45.3 Å². The van der Waals surface area contributed by atoms with Crippen LogP contribution < -0.4 is 5.32 Å². The highest BCUT2D eigenvalue weighted by Gasteiger charge is 2.25. The number of hydrogen-bond acceptors (Lipinski definition) is 3. The summed E-state index contributed by atoms with van der Waals surface area (Å²) in [6.45, 7) is 9.07. The average Bonchev–Trinajstić information content (AvgIpc) is 2.72. The Hall–Kier alpha value is -0.120. The zero-order valence-electron chi connectivity index (χ0n) is 10.5. The fourth-order valence-electron chi connectivity index (χ4n) is 2.23. The lowest BCUT2D eigenvalue weighted by Crippen LogP contribution is -2.32.